The van der Waals surface area contributed by atoms with E-state index in [4.69, 9.17) is 4.52 Å². The van der Waals surface area contributed by atoms with Gasteiger partial charge < -0.3 is 4.52 Å². The van der Waals surface area contributed by atoms with Gasteiger partial charge in [-0.15, -0.1) is 10.1 Å². The zero-order valence-electron chi connectivity index (χ0n) is 7.65. The van der Waals surface area contributed by atoms with Crippen molar-refractivity contribution in [3.63, 3.8) is 0 Å². The monoisotopic (exact) mass is 210 g/mol. The third-order valence-electron chi connectivity index (χ3n) is 1.70. The van der Waals surface area contributed by atoms with Gasteiger partial charge in [0.05, 0.1) is 0 Å². The lowest BCUT2D eigenvalue weighted by atomic mass is 10.4. The predicted octanol–water partition coefficient (Wildman–Crippen LogP) is 0.739. The normalized spacial score (nSPS) is 10.2. The molecule has 0 aliphatic heterocycles. The molecule has 0 saturated carbocycles. The average molecular weight is 210 g/mol. The lowest BCUT2D eigenvalue weighted by Crippen LogP contribution is -2.06. The highest BCUT2D eigenvalue weighted by Crippen LogP contribution is 2.26. The lowest BCUT2D eigenvalue weighted by Gasteiger charge is -1.98. The molecule has 8 nitrogen and oxygen atoms in total. The van der Waals surface area contributed by atoms with Crippen LogP contribution in [0.1, 0.15) is 5.69 Å². The molecule has 0 radical (unpaired) electrons. The second-order valence-electron chi connectivity index (χ2n) is 2.69. The first-order valence-corrected chi connectivity index (χ1v) is 3.95. The van der Waals surface area contributed by atoms with Crippen LogP contribution in [-0.2, 0) is 0 Å². The molecule has 0 amide bonds. The summed E-state index contributed by atoms with van der Waals surface area (Å²) in [4.78, 5) is 18.4. The summed E-state index contributed by atoms with van der Waals surface area (Å²) in [7, 11) is 0. The molecule has 0 unspecified atom stereocenters. The van der Waals surface area contributed by atoms with Gasteiger partial charge in [0.25, 0.3) is 11.0 Å². The smallest absolute Gasteiger partial charge is 0.300 e. The molecule has 2 heterocycles. The number of aryl methyl sites for hydroxylation is 1. The molecule has 2 aromatic rings. The summed E-state index contributed by atoms with van der Waals surface area (Å²) < 4.78 is 6.31. The first-order valence-electron chi connectivity index (χ1n) is 3.95. The highest BCUT2D eigenvalue weighted by molar-refractivity contribution is 5.40. The summed E-state index contributed by atoms with van der Waals surface area (Å²) in [5.41, 5.74) is 0.301. The number of aromatic nitrogens is 3. The Kier molecular flexibility index (Phi) is 2.08. The second-order valence-corrected chi connectivity index (χ2v) is 2.69. The minimum atomic E-state index is -0.917. The van der Waals surface area contributed by atoms with Crippen LogP contribution in [0.2, 0.25) is 0 Å². The number of hydrogen-bond acceptors (Lipinski definition) is 6. The van der Waals surface area contributed by atoms with Gasteiger partial charge in [-0.2, -0.15) is 0 Å². The summed E-state index contributed by atoms with van der Waals surface area (Å²) in [5.74, 6) is 0.0969. The third kappa shape index (κ3) is 1.64. The summed E-state index contributed by atoms with van der Waals surface area (Å²) in [5, 5.41) is 12.9. The van der Waals surface area contributed by atoms with Gasteiger partial charge in [0.15, 0.2) is 0 Å². The van der Waals surface area contributed by atoms with Gasteiger partial charge in [0.2, 0.25) is 5.75 Å². The van der Waals surface area contributed by atoms with Crippen molar-refractivity contribution in [1.82, 2.24) is 14.7 Å². The Bertz CT molecular complexity index is 475. The van der Waals surface area contributed by atoms with E-state index in [1.165, 1.54) is 17.1 Å². The standard InChI is InChI=1S/C7H6N4O4/c1-5-6(15-11(12)13)7(14-9-5)10-3-2-8-4-10/h2-4H,1H3. The van der Waals surface area contributed by atoms with Crippen molar-refractivity contribution < 1.29 is 14.4 Å². The highest BCUT2D eigenvalue weighted by atomic mass is 17.0. The Balaban J connectivity index is 2.44. The fraction of sp³-hybridized carbons (Fsp3) is 0.143. The van der Waals surface area contributed by atoms with Crippen molar-refractivity contribution >= 4 is 0 Å². The minimum Gasteiger partial charge on any atom is -0.335 e. The van der Waals surface area contributed by atoms with Crippen molar-refractivity contribution in [3.05, 3.63) is 34.5 Å². The predicted molar refractivity (Wildman–Crippen MR) is 46.0 cm³/mol. The van der Waals surface area contributed by atoms with Gasteiger partial charge in [-0.25, -0.2) is 4.98 Å². The molecule has 0 aliphatic carbocycles. The quantitative estimate of drug-likeness (QED) is 0.547. The van der Waals surface area contributed by atoms with Crippen LogP contribution < -0.4 is 4.84 Å². The third-order valence-corrected chi connectivity index (χ3v) is 1.70. The number of hydrogen-bond donors (Lipinski definition) is 0. The molecule has 0 atom stereocenters. The van der Waals surface area contributed by atoms with E-state index >= 15 is 0 Å². The maximum absolute atomic E-state index is 10.2. The average Bonchev–Trinajstić information content (AvgIpc) is 2.76. The van der Waals surface area contributed by atoms with Crippen molar-refractivity contribution in [3.8, 4) is 11.6 Å². The summed E-state index contributed by atoms with van der Waals surface area (Å²) in [6, 6.07) is 0. The van der Waals surface area contributed by atoms with E-state index in [2.05, 4.69) is 15.0 Å². The maximum atomic E-state index is 10.2. The van der Waals surface area contributed by atoms with E-state index < -0.39 is 5.09 Å². The topological polar surface area (TPSA) is 96.2 Å². The SMILES string of the molecule is Cc1noc(-n2ccnc2)c1O[N+](=O)[O-]. The first kappa shape index (κ1) is 9.19. The molecular formula is C7H6N4O4. The number of imidazole rings is 1. The first-order chi connectivity index (χ1) is 7.18. The Morgan fingerprint density at radius 1 is 1.67 bits per heavy atom. The Morgan fingerprint density at radius 3 is 3.07 bits per heavy atom. The molecule has 0 aliphatic rings. The van der Waals surface area contributed by atoms with E-state index in [1.54, 1.807) is 13.1 Å². The highest BCUT2D eigenvalue weighted by Gasteiger charge is 2.18. The van der Waals surface area contributed by atoms with Gasteiger partial charge in [-0.1, -0.05) is 5.16 Å². The Hall–Kier alpha value is -2.38. The molecule has 2 rings (SSSR count). The largest absolute Gasteiger partial charge is 0.335 e. The van der Waals surface area contributed by atoms with Crippen LogP contribution in [0.15, 0.2) is 23.2 Å². The molecule has 78 valence electrons. The van der Waals surface area contributed by atoms with Crippen LogP contribution in [0.4, 0.5) is 0 Å². The van der Waals surface area contributed by atoms with Gasteiger partial charge >= 0.3 is 0 Å². The fourth-order valence-corrected chi connectivity index (χ4v) is 1.07. The number of rotatable bonds is 3. The minimum absolute atomic E-state index is 0.0296. The zero-order chi connectivity index (χ0) is 10.8. The van der Waals surface area contributed by atoms with Crippen molar-refractivity contribution in [2.45, 2.75) is 6.92 Å². The fourth-order valence-electron chi connectivity index (χ4n) is 1.07. The molecule has 0 fully saturated rings. The van der Waals surface area contributed by atoms with Gasteiger partial charge in [-0.3, -0.25) is 9.40 Å². The van der Waals surface area contributed by atoms with Crippen LogP contribution in [0, 0.1) is 17.0 Å². The van der Waals surface area contributed by atoms with Crippen molar-refractivity contribution in [2.75, 3.05) is 0 Å². The summed E-state index contributed by atoms with van der Waals surface area (Å²) in [6.45, 7) is 1.54. The van der Waals surface area contributed by atoms with Crippen molar-refractivity contribution in [2.24, 2.45) is 0 Å². The van der Waals surface area contributed by atoms with E-state index in [0.29, 0.717) is 5.69 Å². The van der Waals surface area contributed by atoms with E-state index in [-0.39, 0.29) is 11.6 Å². The van der Waals surface area contributed by atoms with Gasteiger partial charge in [0.1, 0.15) is 12.0 Å². The Morgan fingerprint density at radius 2 is 2.47 bits per heavy atom. The van der Waals surface area contributed by atoms with Gasteiger partial charge in [0, 0.05) is 12.4 Å². The zero-order valence-corrected chi connectivity index (χ0v) is 7.65. The molecule has 0 spiro atoms. The van der Waals surface area contributed by atoms with Crippen molar-refractivity contribution in [1.29, 1.82) is 0 Å². The van der Waals surface area contributed by atoms with Crippen LogP contribution in [0.3, 0.4) is 0 Å². The molecule has 0 saturated heterocycles. The number of nitrogens with zero attached hydrogens (tertiary/aromatic N) is 4. The van der Waals surface area contributed by atoms with E-state index in [0.717, 1.165) is 0 Å². The molecule has 15 heavy (non-hydrogen) atoms. The summed E-state index contributed by atoms with van der Waals surface area (Å²) in [6.07, 6.45) is 4.49. The van der Waals surface area contributed by atoms with Crippen LogP contribution in [0.25, 0.3) is 5.88 Å². The van der Waals surface area contributed by atoms with Crippen LogP contribution >= 0.6 is 0 Å². The summed E-state index contributed by atoms with van der Waals surface area (Å²) >= 11 is 0. The maximum Gasteiger partial charge on any atom is 0.300 e. The molecule has 8 heteroatoms. The van der Waals surface area contributed by atoms with Crippen LogP contribution in [-0.4, -0.2) is 19.8 Å². The second kappa shape index (κ2) is 3.40. The molecule has 2 aromatic heterocycles. The molecule has 0 N–H and O–H groups in total. The Labute approximate surface area is 83.2 Å². The lowest BCUT2D eigenvalue weighted by molar-refractivity contribution is -0.711. The van der Waals surface area contributed by atoms with E-state index in [9.17, 15) is 10.1 Å². The molecule has 0 bridgehead atoms. The molecular weight excluding hydrogens is 204 g/mol. The van der Waals surface area contributed by atoms with E-state index in [1.807, 2.05) is 0 Å². The van der Waals surface area contributed by atoms with Crippen LogP contribution in [0.5, 0.6) is 5.75 Å². The van der Waals surface area contributed by atoms with Gasteiger partial charge in [-0.05, 0) is 6.92 Å². The molecule has 0 aromatic carbocycles.